The molecule has 1 fully saturated rings. The lowest BCUT2D eigenvalue weighted by Crippen LogP contribution is -2.24. The van der Waals surface area contributed by atoms with Crippen LogP contribution in [0.5, 0.6) is 0 Å². The summed E-state index contributed by atoms with van der Waals surface area (Å²) in [7, 11) is 0. The first kappa shape index (κ1) is 12.2. The topological polar surface area (TPSA) is 42.4 Å². The Hall–Kier alpha value is -1.29. The SMILES string of the molecule is CCOC(=O)C1CCN(c2ccnc(Cl)c2)C1. The third-order valence-corrected chi connectivity index (χ3v) is 3.09. The molecule has 1 unspecified atom stereocenters. The largest absolute Gasteiger partial charge is 0.466 e. The first-order valence-electron chi connectivity index (χ1n) is 5.74. The van der Waals surface area contributed by atoms with Crippen LogP contribution in [0.4, 0.5) is 5.69 Å². The average molecular weight is 255 g/mol. The van der Waals surface area contributed by atoms with E-state index >= 15 is 0 Å². The minimum absolute atomic E-state index is 0.0260. The van der Waals surface area contributed by atoms with Crippen molar-refractivity contribution in [2.45, 2.75) is 13.3 Å². The number of ether oxygens (including phenoxy) is 1. The van der Waals surface area contributed by atoms with Crippen LogP contribution in [0, 0.1) is 5.92 Å². The van der Waals surface area contributed by atoms with Gasteiger partial charge in [0, 0.05) is 25.0 Å². The van der Waals surface area contributed by atoms with Crippen LogP contribution in [-0.2, 0) is 9.53 Å². The summed E-state index contributed by atoms with van der Waals surface area (Å²) in [5.41, 5.74) is 1.01. The van der Waals surface area contributed by atoms with Gasteiger partial charge in [-0.2, -0.15) is 0 Å². The van der Waals surface area contributed by atoms with E-state index in [1.165, 1.54) is 0 Å². The number of hydrogen-bond donors (Lipinski definition) is 0. The number of esters is 1. The highest BCUT2D eigenvalue weighted by Crippen LogP contribution is 2.25. The van der Waals surface area contributed by atoms with E-state index in [1.807, 2.05) is 19.1 Å². The van der Waals surface area contributed by atoms with Crippen LogP contribution < -0.4 is 4.90 Å². The highest BCUT2D eigenvalue weighted by Gasteiger charge is 2.29. The third kappa shape index (κ3) is 2.88. The van der Waals surface area contributed by atoms with Crippen LogP contribution in [0.3, 0.4) is 0 Å². The molecule has 1 aliphatic rings. The van der Waals surface area contributed by atoms with Crippen LogP contribution >= 0.6 is 11.6 Å². The minimum atomic E-state index is -0.102. The van der Waals surface area contributed by atoms with E-state index in [0.717, 1.165) is 18.7 Å². The van der Waals surface area contributed by atoms with Crippen molar-refractivity contribution in [1.29, 1.82) is 0 Å². The molecule has 2 heterocycles. The summed E-state index contributed by atoms with van der Waals surface area (Å²) in [5.74, 6) is -0.128. The number of halogens is 1. The fraction of sp³-hybridized carbons (Fsp3) is 0.500. The van der Waals surface area contributed by atoms with E-state index in [9.17, 15) is 4.79 Å². The average Bonchev–Trinajstić information content (AvgIpc) is 2.78. The number of carbonyl (C=O) groups excluding carboxylic acids is 1. The molecule has 0 bridgehead atoms. The molecular formula is C12H15ClN2O2. The maximum absolute atomic E-state index is 11.6. The van der Waals surface area contributed by atoms with E-state index in [2.05, 4.69) is 9.88 Å². The molecule has 0 radical (unpaired) electrons. The van der Waals surface area contributed by atoms with Crippen molar-refractivity contribution in [2.24, 2.45) is 5.92 Å². The molecule has 92 valence electrons. The van der Waals surface area contributed by atoms with Crippen LogP contribution in [0.2, 0.25) is 5.15 Å². The van der Waals surface area contributed by atoms with Gasteiger partial charge < -0.3 is 9.64 Å². The molecule has 1 aliphatic heterocycles. The summed E-state index contributed by atoms with van der Waals surface area (Å²) in [6, 6.07) is 3.72. The number of pyridine rings is 1. The first-order valence-corrected chi connectivity index (χ1v) is 6.11. The number of hydrogen-bond acceptors (Lipinski definition) is 4. The molecule has 4 nitrogen and oxygen atoms in total. The molecule has 0 aliphatic carbocycles. The lowest BCUT2D eigenvalue weighted by molar-refractivity contribution is -0.147. The summed E-state index contributed by atoms with van der Waals surface area (Å²) < 4.78 is 5.03. The maximum atomic E-state index is 11.6. The molecule has 0 amide bonds. The van der Waals surface area contributed by atoms with Gasteiger partial charge in [0.2, 0.25) is 0 Å². The molecule has 0 spiro atoms. The van der Waals surface area contributed by atoms with Crippen molar-refractivity contribution in [3.05, 3.63) is 23.5 Å². The number of carbonyl (C=O) groups is 1. The first-order chi connectivity index (χ1) is 8.20. The highest BCUT2D eigenvalue weighted by molar-refractivity contribution is 6.29. The van der Waals surface area contributed by atoms with E-state index in [1.54, 1.807) is 6.20 Å². The Labute approximate surface area is 106 Å². The van der Waals surface area contributed by atoms with Crippen LogP contribution in [-0.4, -0.2) is 30.6 Å². The molecule has 0 saturated carbocycles. The summed E-state index contributed by atoms with van der Waals surface area (Å²) in [5, 5.41) is 0.474. The fourth-order valence-electron chi connectivity index (χ4n) is 2.04. The Morgan fingerprint density at radius 3 is 3.24 bits per heavy atom. The number of rotatable bonds is 3. The van der Waals surface area contributed by atoms with E-state index in [-0.39, 0.29) is 11.9 Å². The van der Waals surface area contributed by atoms with Crippen LogP contribution in [0.15, 0.2) is 18.3 Å². The quantitative estimate of drug-likeness (QED) is 0.612. The van der Waals surface area contributed by atoms with Gasteiger partial charge in [-0.3, -0.25) is 4.79 Å². The van der Waals surface area contributed by atoms with Crippen molar-refractivity contribution >= 4 is 23.3 Å². The van der Waals surface area contributed by atoms with Gasteiger partial charge in [0.15, 0.2) is 0 Å². The molecule has 1 saturated heterocycles. The molecule has 5 heteroatoms. The Kier molecular flexibility index (Phi) is 3.84. The van der Waals surface area contributed by atoms with E-state index < -0.39 is 0 Å². The second-order valence-corrected chi connectivity index (χ2v) is 4.41. The zero-order valence-corrected chi connectivity index (χ0v) is 10.5. The second-order valence-electron chi connectivity index (χ2n) is 4.02. The number of aromatic nitrogens is 1. The predicted molar refractivity (Wildman–Crippen MR) is 66.2 cm³/mol. The zero-order valence-electron chi connectivity index (χ0n) is 9.73. The summed E-state index contributed by atoms with van der Waals surface area (Å²) in [6.45, 7) is 3.81. The predicted octanol–water partition coefficient (Wildman–Crippen LogP) is 2.12. The molecule has 17 heavy (non-hydrogen) atoms. The van der Waals surface area contributed by atoms with E-state index in [4.69, 9.17) is 16.3 Å². The molecule has 1 aromatic rings. The number of anilines is 1. The van der Waals surface area contributed by atoms with Gasteiger partial charge in [0.05, 0.1) is 12.5 Å². The molecule has 1 aromatic heterocycles. The standard InChI is InChI=1S/C12H15ClN2O2/c1-2-17-12(16)9-4-6-15(8-9)10-3-5-14-11(13)7-10/h3,5,7,9H,2,4,6,8H2,1H3. The van der Waals surface area contributed by atoms with Gasteiger partial charge in [0.1, 0.15) is 5.15 Å². The molecule has 2 rings (SSSR count). The minimum Gasteiger partial charge on any atom is -0.466 e. The highest BCUT2D eigenvalue weighted by atomic mass is 35.5. The monoisotopic (exact) mass is 254 g/mol. The van der Waals surface area contributed by atoms with Gasteiger partial charge >= 0.3 is 5.97 Å². The molecule has 1 atom stereocenters. The van der Waals surface area contributed by atoms with Gasteiger partial charge in [-0.05, 0) is 25.5 Å². The Balaban J connectivity index is 2.00. The summed E-state index contributed by atoms with van der Waals surface area (Å²) in [4.78, 5) is 17.7. The van der Waals surface area contributed by atoms with Crippen molar-refractivity contribution in [2.75, 3.05) is 24.6 Å². The van der Waals surface area contributed by atoms with Gasteiger partial charge in [-0.15, -0.1) is 0 Å². The lowest BCUT2D eigenvalue weighted by Gasteiger charge is -2.18. The molecular weight excluding hydrogens is 240 g/mol. The molecule has 0 aromatic carbocycles. The van der Waals surface area contributed by atoms with Gasteiger partial charge in [-0.1, -0.05) is 11.6 Å². The lowest BCUT2D eigenvalue weighted by atomic mass is 10.1. The van der Waals surface area contributed by atoms with Crippen LogP contribution in [0.1, 0.15) is 13.3 Å². The summed E-state index contributed by atoms with van der Waals surface area (Å²) >= 11 is 5.84. The normalized spacial score (nSPS) is 19.4. The van der Waals surface area contributed by atoms with Crippen molar-refractivity contribution in [1.82, 2.24) is 4.98 Å². The number of nitrogens with zero attached hydrogens (tertiary/aromatic N) is 2. The zero-order chi connectivity index (χ0) is 12.3. The second kappa shape index (κ2) is 5.36. The summed E-state index contributed by atoms with van der Waals surface area (Å²) in [6.07, 6.45) is 2.51. The Bertz CT molecular complexity index is 411. The van der Waals surface area contributed by atoms with E-state index in [0.29, 0.717) is 18.3 Å². The fourth-order valence-corrected chi connectivity index (χ4v) is 2.20. The smallest absolute Gasteiger partial charge is 0.310 e. The third-order valence-electron chi connectivity index (χ3n) is 2.88. The maximum Gasteiger partial charge on any atom is 0.310 e. The van der Waals surface area contributed by atoms with Crippen molar-refractivity contribution in [3.8, 4) is 0 Å². The van der Waals surface area contributed by atoms with Crippen molar-refractivity contribution < 1.29 is 9.53 Å². The van der Waals surface area contributed by atoms with Gasteiger partial charge in [0.25, 0.3) is 0 Å². The van der Waals surface area contributed by atoms with Gasteiger partial charge in [-0.25, -0.2) is 4.98 Å². The van der Waals surface area contributed by atoms with Crippen molar-refractivity contribution in [3.63, 3.8) is 0 Å². The Morgan fingerprint density at radius 1 is 1.71 bits per heavy atom. The van der Waals surface area contributed by atoms with Crippen LogP contribution in [0.25, 0.3) is 0 Å². The Morgan fingerprint density at radius 2 is 2.53 bits per heavy atom. The molecule has 0 N–H and O–H groups in total.